The van der Waals surface area contributed by atoms with E-state index in [1.54, 1.807) is 4.90 Å². The highest BCUT2D eigenvalue weighted by Gasteiger charge is 2.29. The molecule has 0 bridgehead atoms. The number of hydrogen-bond donors (Lipinski definition) is 2. The number of piperidine rings is 1. The molecule has 2 rings (SSSR count). The second-order valence-electron chi connectivity index (χ2n) is 4.43. The van der Waals surface area contributed by atoms with Gasteiger partial charge in [-0.15, -0.1) is 11.3 Å². The van der Waals surface area contributed by atoms with E-state index >= 15 is 0 Å². The summed E-state index contributed by atoms with van der Waals surface area (Å²) < 4.78 is 0. The highest BCUT2D eigenvalue weighted by Crippen LogP contribution is 2.20. The molecule has 0 radical (unpaired) electrons. The Morgan fingerprint density at radius 1 is 1.56 bits per heavy atom. The zero-order valence-electron chi connectivity index (χ0n) is 9.87. The lowest BCUT2D eigenvalue weighted by atomic mass is 9.97. The summed E-state index contributed by atoms with van der Waals surface area (Å²) >= 11 is 1.04. The van der Waals surface area contributed by atoms with Gasteiger partial charge < -0.3 is 15.1 Å². The number of carbonyl (C=O) groups is 2. The lowest BCUT2D eigenvalue weighted by Crippen LogP contribution is -2.44. The molecule has 2 unspecified atom stereocenters. The van der Waals surface area contributed by atoms with Crippen LogP contribution in [0.5, 0.6) is 0 Å². The van der Waals surface area contributed by atoms with E-state index in [1.165, 1.54) is 5.38 Å². The SMILES string of the molecule is CC1CN(C(=O)c2nc(C(=O)O)cs2)CCC1O. The maximum absolute atomic E-state index is 12.1. The van der Waals surface area contributed by atoms with Crippen LogP contribution < -0.4 is 0 Å². The number of aromatic carboxylic acids is 1. The Morgan fingerprint density at radius 2 is 2.28 bits per heavy atom. The average molecular weight is 270 g/mol. The van der Waals surface area contributed by atoms with Crippen LogP contribution in [0.3, 0.4) is 0 Å². The number of carbonyl (C=O) groups excluding carboxylic acids is 1. The van der Waals surface area contributed by atoms with E-state index in [0.717, 1.165) is 11.3 Å². The van der Waals surface area contributed by atoms with Gasteiger partial charge in [0.15, 0.2) is 10.7 Å². The van der Waals surface area contributed by atoms with Crippen LogP contribution in [0.2, 0.25) is 0 Å². The average Bonchev–Trinajstić information content (AvgIpc) is 2.81. The molecular formula is C11H14N2O4S. The third kappa shape index (κ3) is 2.51. The monoisotopic (exact) mass is 270 g/mol. The van der Waals surface area contributed by atoms with Gasteiger partial charge in [0.25, 0.3) is 5.91 Å². The zero-order valence-corrected chi connectivity index (χ0v) is 10.7. The smallest absolute Gasteiger partial charge is 0.355 e. The molecule has 18 heavy (non-hydrogen) atoms. The molecule has 2 N–H and O–H groups in total. The molecule has 7 heteroatoms. The number of hydrogen-bond acceptors (Lipinski definition) is 5. The number of likely N-dealkylation sites (tertiary alicyclic amines) is 1. The van der Waals surface area contributed by atoms with Crippen LogP contribution >= 0.6 is 11.3 Å². The first-order valence-electron chi connectivity index (χ1n) is 5.65. The minimum absolute atomic E-state index is 0.0293. The Bertz CT molecular complexity index is 473. The molecule has 1 amide bonds. The number of amides is 1. The van der Waals surface area contributed by atoms with Crippen molar-refractivity contribution in [2.45, 2.75) is 19.4 Å². The fraction of sp³-hybridized carbons (Fsp3) is 0.545. The van der Waals surface area contributed by atoms with Crippen LogP contribution in [-0.2, 0) is 0 Å². The predicted molar refractivity (Wildman–Crippen MR) is 64.8 cm³/mol. The Hall–Kier alpha value is -1.47. The normalized spacial score (nSPS) is 24.0. The Kier molecular flexibility index (Phi) is 3.63. The second kappa shape index (κ2) is 5.03. The highest BCUT2D eigenvalue weighted by atomic mass is 32.1. The van der Waals surface area contributed by atoms with E-state index in [9.17, 15) is 14.7 Å². The van der Waals surface area contributed by atoms with Crippen LogP contribution in [0.25, 0.3) is 0 Å². The molecule has 1 aromatic heterocycles. The van der Waals surface area contributed by atoms with Crippen LogP contribution in [0.15, 0.2) is 5.38 Å². The van der Waals surface area contributed by atoms with Crippen LogP contribution in [-0.4, -0.2) is 51.2 Å². The number of rotatable bonds is 2. The molecular weight excluding hydrogens is 256 g/mol. The van der Waals surface area contributed by atoms with Crippen molar-refractivity contribution in [1.29, 1.82) is 0 Å². The molecule has 2 atom stereocenters. The summed E-state index contributed by atoms with van der Waals surface area (Å²) in [5.74, 6) is -1.36. The van der Waals surface area contributed by atoms with Crippen molar-refractivity contribution in [3.05, 3.63) is 16.1 Å². The molecule has 98 valence electrons. The third-order valence-corrected chi connectivity index (χ3v) is 3.88. The number of aliphatic hydroxyl groups is 1. The molecule has 2 heterocycles. The van der Waals surface area contributed by atoms with E-state index in [2.05, 4.69) is 4.98 Å². The summed E-state index contributed by atoms with van der Waals surface area (Å²) in [7, 11) is 0. The van der Waals surface area contributed by atoms with Crippen molar-refractivity contribution in [2.24, 2.45) is 5.92 Å². The van der Waals surface area contributed by atoms with E-state index < -0.39 is 5.97 Å². The van der Waals surface area contributed by atoms with E-state index in [1.807, 2.05) is 6.92 Å². The lowest BCUT2D eigenvalue weighted by molar-refractivity contribution is 0.0297. The van der Waals surface area contributed by atoms with Crippen molar-refractivity contribution in [2.75, 3.05) is 13.1 Å². The van der Waals surface area contributed by atoms with Crippen molar-refractivity contribution in [3.63, 3.8) is 0 Å². The Morgan fingerprint density at radius 3 is 2.83 bits per heavy atom. The molecule has 1 aliphatic heterocycles. The van der Waals surface area contributed by atoms with E-state index in [-0.39, 0.29) is 28.6 Å². The molecule has 6 nitrogen and oxygen atoms in total. The van der Waals surface area contributed by atoms with Gasteiger partial charge in [-0.05, 0) is 12.3 Å². The van der Waals surface area contributed by atoms with Gasteiger partial charge >= 0.3 is 5.97 Å². The maximum atomic E-state index is 12.1. The molecule has 1 aliphatic rings. The second-order valence-corrected chi connectivity index (χ2v) is 5.29. The van der Waals surface area contributed by atoms with Gasteiger partial charge in [-0.1, -0.05) is 6.92 Å². The summed E-state index contributed by atoms with van der Waals surface area (Å²) in [5, 5.41) is 19.9. The first-order valence-corrected chi connectivity index (χ1v) is 6.53. The molecule has 0 saturated carbocycles. The topological polar surface area (TPSA) is 90.7 Å². The summed E-state index contributed by atoms with van der Waals surface area (Å²) in [4.78, 5) is 28.2. The molecule has 0 aliphatic carbocycles. The standard InChI is InChI=1S/C11H14N2O4S/c1-6-4-13(3-2-8(6)14)10(15)9-12-7(5-18-9)11(16)17/h5-6,8,14H,2-4H2,1H3,(H,16,17). The maximum Gasteiger partial charge on any atom is 0.355 e. The van der Waals surface area contributed by atoms with Gasteiger partial charge in [-0.25, -0.2) is 9.78 Å². The molecule has 0 spiro atoms. The summed E-state index contributed by atoms with van der Waals surface area (Å²) in [6, 6.07) is 0. The van der Waals surface area contributed by atoms with Gasteiger partial charge in [0.2, 0.25) is 0 Å². The van der Waals surface area contributed by atoms with Gasteiger partial charge in [0.05, 0.1) is 6.10 Å². The Balaban J connectivity index is 2.09. The fourth-order valence-corrected chi connectivity index (χ4v) is 2.68. The van der Waals surface area contributed by atoms with Crippen LogP contribution in [0, 0.1) is 5.92 Å². The van der Waals surface area contributed by atoms with Gasteiger partial charge in [-0.2, -0.15) is 0 Å². The highest BCUT2D eigenvalue weighted by molar-refractivity contribution is 7.11. The minimum Gasteiger partial charge on any atom is -0.476 e. The van der Waals surface area contributed by atoms with Crippen molar-refractivity contribution in [1.82, 2.24) is 9.88 Å². The van der Waals surface area contributed by atoms with Crippen molar-refractivity contribution in [3.8, 4) is 0 Å². The van der Waals surface area contributed by atoms with Crippen molar-refractivity contribution >= 4 is 23.2 Å². The number of carboxylic acid groups (broad SMARTS) is 1. The zero-order chi connectivity index (χ0) is 13.3. The summed E-state index contributed by atoms with van der Waals surface area (Å²) in [6.07, 6.45) is 0.171. The number of carboxylic acids is 1. The largest absolute Gasteiger partial charge is 0.476 e. The predicted octanol–water partition coefficient (Wildman–Crippen LogP) is 0.684. The number of aliphatic hydroxyl groups excluding tert-OH is 1. The fourth-order valence-electron chi connectivity index (χ4n) is 1.92. The molecule has 1 saturated heterocycles. The van der Waals surface area contributed by atoms with Gasteiger partial charge in [0, 0.05) is 18.5 Å². The number of thiazole rings is 1. The quantitative estimate of drug-likeness (QED) is 0.825. The summed E-state index contributed by atoms with van der Waals surface area (Å²) in [5.41, 5.74) is -0.103. The molecule has 1 fully saturated rings. The van der Waals surface area contributed by atoms with E-state index in [0.29, 0.717) is 19.5 Å². The third-order valence-electron chi connectivity index (χ3n) is 3.05. The first-order chi connectivity index (χ1) is 8.49. The van der Waals surface area contributed by atoms with Crippen molar-refractivity contribution < 1.29 is 19.8 Å². The Labute approximate surface area is 108 Å². The minimum atomic E-state index is -1.13. The number of aromatic nitrogens is 1. The van der Waals surface area contributed by atoms with Crippen LogP contribution in [0.4, 0.5) is 0 Å². The van der Waals surface area contributed by atoms with Crippen LogP contribution in [0.1, 0.15) is 33.6 Å². The number of nitrogens with zero attached hydrogens (tertiary/aromatic N) is 2. The lowest BCUT2D eigenvalue weighted by Gasteiger charge is -2.33. The van der Waals surface area contributed by atoms with Gasteiger partial charge in [0.1, 0.15) is 0 Å². The molecule has 0 aromatic carbocycles. The molecule has 1 aromatic rings. The summed E-state index contributed by atoms with van der Waals surface area (Å²) in [6.45, 7) is 2.84. The first kappa shape index (κ1) is 13.0. The van der Waals surface area contributed by atoms with Gasteiger partial charge in [-0.3, -0.25) is 4.79 Å². The van der Waals surface area contributed by atoms with E-state index in [4.69, 9.17) is 5.11 Å².